The van der Waals surface area contributed by atoms with Crippen molar-refractivity contribution < 1.29 is 18.0 Å². The van der Waals surface area contributed by atoms with Gasteiger partial charge in [-0.2, -0.15) is 13.2 Å². The average Bonchev–Trinajstić information content (AvgIpc) is 2.61. The predicted octanol–water partition coefficient (Wildman–Crippen LogP) is 2.23. The van der Waals surface area contributed by atoms with Crippen molar-refractivity contribution in [3.05, 3.63) is 10.6 Å². The summed E-state index contributed by atoms with van der Waals surface area (Å²) in [6, 6.07) is 0. The Morgan fingerprint density at radius 2 is 1.94 bits per heavy atom. The molecule has 0 saturated carbocycles. The van der Waals surface area contributed by atoms with Crippen LogP contribution in [-0.2, 0) is 6.18 Å². The number of nitrogen functional groups attached to an aromatic ring is 1. The third kappa shape index (κ3) is 2.87. The molecule has 1 aromatic rings. The number of anilines is 1. The van der Waals surface area contributed by atoms with Crippen LogP contribution in [0.5, 0.6) is 0 Å². The standard InChI is InChI=1S/C9H12F3N3OS/c1-3-15(4-2)7(16)5-6(9(10,11)12)14-8(13)17-5/h3-4H2,1-2H3,(H2,13,14). The first-order chi connectivity index (χ1) is 7.81. The number of carbonyl (C=O) groups is 1. The van der Waals surface area contributed by atoms with Gasteiger partial charge in [0.2, 0.25) is 0 Å². The highest BCUT2D eigenvalue weighted by molar-refractivity contribution is 7.17. The van der Waals surface area contributed by atoms with Gasteiger partial charge in [-0.3, -0.25) is 4.79 Å². The third-order valence-corrected chi connectivity index (χ3v) is 3.03. The Kier molecular flexibility index (Phi) is 3.97. The van der Waals surface area contributed by atoms with Gasteiger partial charge < -0.3 is 10.6 Å². The van der Waals surface area contributed by atoms with Crippen LogP contribution in [0.3, 0.4) is 0 Å². The molecule has 0 saturated heterocycles. The quantitative estimate of drug-likeness (QED) is 0.913. The fraction of sp³-hybridized carbons (Fsp3) is 0.556. The first kappa shape index (κ1) is 13.8. The Labute approximate surface area is 100 Å². The van der Waals surface area contributed by atoms with E-state index < -0.39 is 22.7 Å². The van der Waals surface area contributed by atoms with Gasteiger partial charge in [0.1, 0.15) is 4.88 Å². The summed E-state index contributed by atoms with van der Waals surface area (Å²) in [5.74, 6) is -0.684. The Hall–Kier alpha value is -1.31. The highest BCUT2D eigenvalue weighted by Crippen LogP contribution is 2.35. The number of nitrogens with two attached hydrogens (primary N) is 1. The zero-order chi connectivity index (χ0) is 13.2. The van der Waals surface area contributed by atoms with Crippen molar-refractivity contribution in [2.24, 2.45) is 0 Å². The van der Waals surface area contributed by atoms with Gasteiger partial charge in [-0.05, 0) is 13.8 Å². The summed E-state index contributed by atoms with van der Waals surface area (Å²) < 4.78 is 37.8. The van der Waals surface area contributed by atoms with Crippen LogP contribution >= 0.6 is 11.3 Å². The molecule has 0 aromatic carbocycles. The fourth-order valence-electron chi connectivity index (χ4n) is 1.33. The zero-order valence-electron chi connectivity index (χ0n) is 9.34. The Morgan fingerprint density at radius 3 is 2.35 bits per heavy atom. The van der Waals surface area contributed by atoms with Gasteiger partial charge in [0, 0.05) is 13.1 Å². The average molecular weight is 267 g/mol. The molecule has 0 aliphatic heterocycles. The topological polar surface area (TPSA) is 59.2 Å². The molecule has 96 valence electrons. The van der Waals surface area contributed by atoms with E-state index in [1.807, 2.05) is 0 Å². The third-order valence-electron chi connectivity index (χ3n) is 2.16. The largest absolute Gasteiger partial charge is 0.435 e. The van der Waals surface area contributed by atoms with E-state index in [9.17, 15) is 18.0 Å². The number of alkyl halides is 3. The Bertz CT molecular complexity index is 412. The van der Waals surface area contributed by atoms with Crippen LogP contribution < -0.4 is 5.73 Å². The summed E-state index contributed by atoms with van der Waals surface area (Å²) in [6.07, 6.45) is -4.66. The van der Waals surface area contributed by atoms with E-state index in [4.69, 9.17) is 5.73 Å². The molecule has 1 heterocycles. The second kappa shape index (κ2) is 4.91. The molecule has 0 unspecified atom stereocenters. The van der Waals surface area contributed by atoms with E-state index in [0.717, 1.165) is 0 Å². The summed E-state index contributed by atoms with van der Waals surface area (Å²) in [5.41, 5.74) is 4.04. The SMILES string of the molecule is CCN(CC)C(=O)c1sc(N)nc1C(F)(F)F. The normalized spacial score (nSPS) is 11.6. The van der Waals surface area contributed by atoms with Crippen LogP contribution in [0, 0.1) is 0 Å². The number of halogens is 3. The summed E-state index contributed by atoms with van der Waals surface area (Å²) in [5, 5.41) is -0.257. The molecule has 0 atom stereocenters. The van der Waals surface area contributed by atoms with Crippen LogP contribution in [0.1, 0.15) is 29.2 Å². The smallest absolute Gasteiger partial charge is 0.375 e. The van der Waals surface area contributed by atoms with Gasteiger partial charge in [-0.15, -0.1) is 0 Å². The Morgan fingerprint density at radius 1 is 1.41 bits per heavy atom. The van der Waals surface area contributed by atoms with Crippen molar-refractivity contribution >= 4 is 22.4 Å². The van der Waals surface area contributed by atoms with Crippen molar-refractivity contribution in [1.82, 2.24) is 9.88 Å². The summed E-state index contributed by atoms with van der Waals surface area (Å²) in [4.78, 5) is 15.9. The number of hydrogen-bond donors (Lipinski definition) is 1. The molecule has 0 bridgehead atoms. The molecular weight excluding hydrogens is 255 g/mol. The van der Waals surface area contributed by atoms with Gasteiger partial charge in [-0.25, -0.2) is 4.98 Å². The molecule has 0 spiro atoms. The number of nitrogens with zero attached hydrogens (tertiary/aromatic N) is 2. The highest BCUT2D eigenvalue weighted by atomic mass is 32.1. The molecule has 0 aliphatic carbocycles. The molecule has 1 aromatic heterocycles. The number of aromatic nitrogens is 1. The van der Waals surface area contributed by atoms with E-state index >= 15 is 0 Å². The molecule has 1 amide bonds. The van der Waals surface area contributed by atoms with E-state index in [1.54, 1.807) is 13.8 Å². The maximum absolute atomic E-state index is 12.6. The molecule has 2 N–H and O–H groups in total. The van der Waals surface area contributed by atoms with Crippen LogP contribution in [0.4, 0.5) is 18.3 Å². The first-order valence-electron chi connectivity index (χ1n) is 4.94. The van der Waals surface area contributed by atoms with E-state index in [0.29, 0.717) is 24.4 Å². The van der Waals surface area contributed by atoms with Crippen molar-refractivity contribution in [3.8, 4) is 0 Å². The molecule has 0 radical (unpaired) electrons. The van der Waals surface area contributed by atoms with Crippen molar-refractivity contribution in [2.45, 2.75) is 20.0 Å². The molecule has 4 nitrogen and oxygen atoms in total. The maximum atomic E-state index is 12.6. The minimum Gasteiger partial charge on any atom is -0.375 e. The summed E-state index contributed by atoms with van der Waals surface area (Å²) in [7, 11) is 0. The maximum Gasteiger partial charge on any atom is 0.435 e. The van der Waals surface area contributed by atoms with E-state index in [2.05, 4.69) is 4.98 Å². The van der Waals surface area contributed by atoms with Gasteiger partial charge in [-0.1, -0.05) is 11.3 Å². The minimum atomic E-state index is -4.66. The van der Waals surface area contributed by atoms with Gasteiger partial charge in [0.05, 0.1) is 0 Å². The van der Waals surface area contributed by atoms with Gasteiger partial charge in [0.25, 0.3) is 5.91 Å². The van der Waals surface area contributed by atoms with Crippen LogP contribution in [0.15, 0.2) is 0 Å². The zero-order valence-corrected chi connectivity index (χ0v) is 10.2. The molecule has 1 rings (SSSR count). The Balaban J connectivity index is 3.18. The number of carbonyl (C=O) groups excluding carboxylic acids is 1. The predicted molar refractivity (Wildman–Crippen MR) is 58.8 cm³/mol. The van der Waals surface area contributed by atoms with Crippen molar-refractivity contribution in [1.29, 1.82) is 0 Å². The number of hydrogen-bond acceptors (Lipinski definition) is 4. The van der Waals surface area contributed by atoms with Crippen molar-refractivity contribution in [3.63, 3.8) is 0 Å². The summed E-state index contributed by atoms with van der Waals surface area (Å²) >= 11 is 0.564. The lowest BCUT2D eigenvalue weighted by Gasteiger charge is -2.18. The minimum absolute atomic E-state index is 0.257. The monoisotopic (exact) mass is 267 g/mol. The van der Waals surface area contributed by atoms with Crippen LogP contribution in [-0.4, -0.2) is 28.9 Å². The van der Waals surface area contributed by atoms with E-state index in [1.165, 1.54) is 4.90 Å². The van der Waals surface area contributed by atoms with Crippen molar-refractivity contribution in [2.75, 3.05) is 18.8 Å². The lowest BCUT2D eigenvalue weighted by atomic mass is 10.3. The molecule has 17 heavy (non-hydrogen) atoms. The number of thiazole rings is 1. The lowest BCUT2D eigenvalue weighted by Crippen LogP contribution is -2.31. The first-order valence-corrected chi connectivity index (χ1v) is 5.75. The highest BCUT2D eigenvalue weighted by Gasteiger charge is 2.40. The second-order valence-electron chi connectivity index (χ2n) is 3.21. The molecule has 0 fully saturated rings. The second-order valence-corrected chi connectivity index (χ2v) is 4.24. The van der Waals surface area contributed by atoms with Crippen LogP contribution in [0.2, 0.25) is 0 Å². The summed E-state index contributed by atoms with van der Waals surface area (Å²) in [6.45, 7) is 4.06. The van der Waals surface area contributed by atoms with Gasteiger partial charge >= 0.3 is 6.18 Å². The molecular formula is C9H12F3N3OS. The number of amides is 1. The molecule has 8 heteroatoms. The van der Waals surface area contributed by atoms with E-state index in [-0.39, 0.29) is 5.13 Å². The number of rotatable bonds is 3. The van der Waals surface area contributed by atoms with Crippen LogP contribution in [0.25, 0.3) is 0 Å². The lowest BCUT2D eigenvalue weighted by molar-refractivity contribution is -0.141. The fourth-order valence-corrected chi connectivity index (χ4v) is 2.15. The molecule has 0 aliphatic rings. The van der Waals surface area contributed by atoms with Gasteiger partial charge in [0.15, 0.2) is 10.8 Å².